The maximum absolute atomic E-state index is 12.7. The summed E-state index contributed by atoms with van der Waals surface area (Å²) in [5.41, 5.74) is 0.818. The van der Waals surface area contributed by atoms with Crippen LogP contribution < -0.4 is 9.47 Å². The first-order valence-electron chi connectivity index (χ1n) is 9.30. The van der Waals surface area contributed by atoms with E-state index in [0.717, 1.165) is 12.0 Å². The second-order valence-corrected chi connectivity index (χ2v) is 7.55. The number of carbonyl (C=O) groups is 2. The second kappa shape index (κ2) is 11.1. The Kier molecular flexibility index (Phi) is 8.79. The van der Waals surface area contributed by atoms with E-state index in [4.69, 9.17) is 26.4 Å². The first kappa shape index (κ1) is 22.2. The lowest BCUT2D eigenvalue weighted by atomic mass is 10.2. The van der Waals surface area contributed by atoms with Gasteiger partial charge < -0.3 is 14.2 Å². The fraction of sp³-hybridized carbons (Fsp3) is 0.450. The van der Waals surface area contributed by atoms with Crippen LogP contribution in [0.25, 0.3) is 6.08 Å². The summed E-state index contributed by atoms with van der Waals surface area (Å²) in [6.45, 7) is 7.35. The summed E-state index contributed by atoms with van der Waals surface area (Å²) in [5, 5.41) is 0. The minimum Gasteiger partial charge on any atom is -0.490 e. The third kappa shape index (κ3) is 5.97. The van der Waals surface area contributed by atoms with Crippen LogP contribution in [0.4, 0.5) is 0 Å². The Bertz CT molecular complexity index is 763. The standard InChI is InChI=1S/C20H25NO5S2/c1-4-11-26-15-8-7-14(12-16(15)24-5-2)13-17-19(23)21(20(27)28-17)10-9-18(22)25-6-3/h7-8,12-13H,4-6,9-11H2,1-3H3/b17-13-. The number of esters is 1. The quantitative estimate of drug-likeness (QED) is 0.320. The molecule has 0 aliphatic carbocycles. The number of amides is 1. The molecule has 1 heterocycles. The molecule has 0 aromatic heterocycles. The summed E-state index contributed by atoms with van der Waals surface area (Å²) in [7, 11) is 0. The number of carbonyl (C=O) groups excluding carboxylic acids is 2. The van der Waals surface area contributed by atoms with Crippen molar-refractivity contribution in [3.05, 3.63) is 28.7 Å². The van der Waals surface area contributed by atoms with Crippen molar-refractivity contribution >= 4 is 46.3 Å². The Hall–Kier alpha value is -2.06. The van der Waals surface area contributed by atoms with Crippen molar-refractivity contribution in [2.75, 3.05) is 26.4 Å². The number of benzene rings is 1. The zero-order valence-electron chi connectivity index (χ0n) is 16.4. The molecule has 1 aromatic rings. The molecule has 0 unspecified atom stereocenters. The maximum Gasteiger partial charge on any atom is 0.307 e. The molecule has 1 saturated heterocycles. The Labute approximate surface area is 175 Å². The van der Waals surface area contributed by atoms with E-state index in [-0.39, 0.29) is 24.8 Å². The first-order valence-corrected chi connectivity index (χ1v) is 10.5. The predicted octanol–water partition coefficient (Wildman–Crippen LogP) is 4.03. The second-order valence-electron chi connectivity index (χ2n) is 5.88. The van der Waals surface area contributed by atoms with Gasteiger partial charge in [-0.25, -0.2) is 0 Å². The van der Waals surface area contributed by atoms with Crippen LogP contribution in [0.2, 0.25) is 0 Å². The summed E-state index contributed by atoms with van der Waals surface area (Å²) in [4.78, 5) is 26.1. The monoisotopic (exact) mass is 423 g/mol. The van der Waals surface area contributed by atoms with Gasteiger partial charge in [0, 0.05) is 6.54 Å². The first-order chi connectivity index (χ1) is 13.5. The van der Waals surface area contributed by atoms with Gasteiger partial charge in [-0.05, 0) is 44.0 Å². The number of thioether (sulfide) groups is 1. The molecular formula is C20H25NO5S2. The van der Waals surface area contributed by atoms with Crippen molar-refractivity contribution in [1.29, 1.82) is 0 Å². The fourth-order valence-corrected chi connectivity index (χ4v) is 3.80. The van der Waals surface area contributed by atoms with E-state index in [1.165, 1.54) is 16.7 Å². The number of nitrogens with zero attached hydrogens (tertiary/aromatic N) is 1. The van der Waals surface area contributed by atoms with E-state index in [9.17, 15) is 9.59 Å². The lowest BCUT2D eigenvalue weighted by Gasteiger charge is -2.13. The van der Waals surface area contributed by atoms with Crippen molar-refractivity contribution in [3.63, 3.8) is 0 Å². The summed E-state index contributed by atoms with van der Waals surface area (Å²) in [5.74, 6) is 0.776. The van der Waals surface area contributed by atoms with Gasteiger partial charge in [-0.15, -0.1) is 0 Å². The number of rotatable bonds is 10. The van der Waals surface area contributed by atoms with Crippen LogP contribution in [0, 0.1) is 0 Å². The van der Waals surface area contributed by atoms with Gasteiger partial charge in [-0.2, -0.15) is 0 Å². The largest absolute Gasteiger partial charge is 0.490 e. The molecule has 152 valence electrons. The van der Waals surface area contributed by atoms with E-state index in [1.54, 1.807) is 13.0 Å². The predicted molar refractivity (Wildman–Crippen MR) is 115 cm³/mol. The molecule has 0 radical (unpaired) electrons. The van der Waals surface area contributed by atoms with E-state index < -0.39 is 0 Å². The van der Waals surface area contributed by atoms with Gasteiger partial charge in [0.25, 0.3) is 5.91 Å². The molecular weight excluding hydrogens is 398 g/mol. The van der Waals surface area contributed by atoms with Gasteiger partial charge in [0.1, 0.15) is 4.32 Å². The molecule has 0 N–H and O–H groups in total. The van der Waals surface area contributed by atoms with Crippen LogP contribution in [0.5, 0.6) is 11.5 Å². The number of thiocarbonyl (C=S) groups is 1. The minimum atomic E-state index is -0.343. The van der Waals surface area contributed by atoms with Gasteiger partial charge in [-0.1, -0.05) is 37.0 Å². The molecule has 0 saturated carbocycles. The lowest BCUT2D eigenvalue weighted by Crippen LogP contribution is -2.30. The van der Waals surface area contributed by atoms with Crippen molar-refractivity contribution in [2.24, 2.45) is 0 Å². The fourth-order valence-electron chi connectivity index (χ4n) is 2.49. The number of hydrogen-bond donors (Lipinski definition) is 0. The highest BCUT2D eigenvalue weighted by molar-refractivity contribution is 8.26. The average molecular weight is 424 g/mol. The van der Waals surface area contributed by atoms with E-state index in [1.807, 2.05) is 32.0 Å². The molecule has 0 bridgehead atoms. The van der Waals surface area contributed by atoms with Crippen molar-refractivity contribution in [2.45, 2.75) is 33.6 Å². The Morgan fingerprint density at radius 1 is 1.18 bits per heavy atom. The van der Waals surface area contributed by atoms with Crippen LogP contribution in [-0.4, -0.2) is 47.5 Å². The van der Waals surface area contributed by atoms with Crippen molar-refractivity contribution in [3.8, 4) is 11.5 Å². The highest BCUT2D eigenvalue weighted by Gasteiger charge is 2.32. The van der Waals surface area contributed by atoms with Crippen LogP contribution in [0.1, 0.15) is 39.2 Å². The lowest BCUT2D eigenvalue weighted by molar-refractivity contribution is -0.143. The average Bonchev–Trinajstić information content (AvgIpc) is 2.93. The Morgan fingerprint density at radius 3 is 2.64 bits per heavy atom. The van der Waals surface area contributed by atoms with E-state index >= 15 is 0 Å². The minimum absolute atomic E-state index is 0.117. The summed E-state index contributed by atoms with van der Waals surface area (Å²) in [6, 6.07) is 5.56. The number of hydrogen-bond acceptors (Lipinski definition) is 7. The highest BCUT2D eigenvalue weighted by Crippen LogP contribution is 2.35. The van der Waals surface area contributed by atoms with E-state index in [0.29, 0.717) is 40.5 Å². The van der Waals surface area contributed by atoms with Gasteiger partial charge in [0.15, 0.2) is 11.5 Å². The van der Waals surface area contributed by atoms with Crippen molar-refractivity contribution in [1.82, 2.24) is 4.90 Å². The molecule has 2 rings (SSSR count). The summed E-state index contributed by atoms with van der Waals surface area (Å²) >= 11 is 6.52. The summed E-state index contributed by atoms with van der Waals surface area (Å²) in [6.07, 6.45) is 2.79. The molecule has 0 atom stereocenters. The molecule has 1 amide bonds. The van der Waals surface area contributed by atoms with Crippen LogP contribution in [-0.2, 0) is 14.3 Å². The van der Waals surface area contributed by atoms with Crippen LogP contribution in [0.3, 0.4) is 0 Å². The molecule has 0 spiro atoms. The van der Waals surface area contributed by atoms with Gasteiger partial charge >= 0.3 is 5.97 Å². The van der Waals surface area contributed by atoms with Gasteiger partial charge in [0.2, 0.25) is 0 Å². The Morgan fingerprint density at radius 2 is 1.96 bits per heavy atom. The molecule has 1 aromatic carbocycles. The molecule has 6 nitrogen and oxygen atoms in total. The molecule has 1 aliphatic heterocycles. The third-order valence-electron chi connectivity index (χ3n) is 3.75. The SMILES string of the molecule is CCCOc1ccc(/C=C2\SC(=S)N(CCC(=O)OCC)C2=O)cc1OCC. The Balaban J connectivity index is 2.13. The van der Waals surface area contributed by atoms with Gasteiger partial charge in [-0.3, -0.25) is 14.5 Å². The molecule has 1 fully saturated rings. The van der Waals surface area contributed by atoms with E-state index in [2.05, 4.69) is 0 Å². The zero-order chi connectivity index (χ0) is 20.5. The number of ether oxygens (including phenoxy) is 3. The maximum atomic E-state index is 12.7. The van der Waals surface area contributed by atoms with Crippen LogP contribution >= 0.6 is 24.0 Å². The molecule has 8 heteroatoms. The third-order valence-corrected chi connectivity index (χ3v) is 5.12. The van der Waals surface area contributed by atoms with Gasteiger partial charge in [0.05, 0.1) is 31.1 Å². The topological polar surface area (TPSA) is 65.1 Å². The molecule has 28 heavy (non-hydrogen) atoms. The zero-order valence-corrected chi connectivity index (χ0v) is 18.0. The highest BCUT2D eigenvalue weighted by atomic mass is 32.2. The summed E-state index contributed by atoms with van der Waals surface area (Å²) < 4.78 is 16.7. The van der Waals surface area contributed by atoms with Crippen LogP contribution in [0.15, 0.2) is 23.1 Å². The smallest absolute Gasteiger partial charge is 0.307 e. The molecule has 1 aliphatic rings. The van der Waals surface area contributed by atoms with Crippen molar-refractivity contribution < 1.29 is 23.8 Å². The normalized spacial score (nSPS) is 15.2.